The minimum absolute atomic E-state index is 0.0299. The Morgan fingerprint density at radius 2 is 1.41 bits per heavy atom. The number of sulfonamides is 1. The van der Waals surface area contributed by atoms with Gasteiger partial charge in [-0.3, -0.25) is 4.79 Å². The molecule has 0 aliphatic rings. The molecule has 34 heavy (non-hydrogen) atoms. The highest BCUT2D eigenvalue weighted by atomic mass is 35.5. The van der Waals surface area contributed by atoms with Crippen molar-refractivity contribution in [2.45, 2.75) is 24.8 Å². The van der Waals surface area contributed by atoms with Gasteiger partial charge in [0, 0.05) is 5.69 Å². The van der Waals surface area contributed by atoms with E-state index in [-0.39, 0.29) is 4.90 Å². The van der Waals surface area contributed by atoms with Crippen LogP contribution in [-0.2, 0) is 14.8 Å². The monoisotopic (exact) mass is 501 g/mol. The number of amides is 2. The van der Waals surface area contributed by atoms with Crippen molar-refractivity contribution in [3.8, 4) is 11.1 Å². The fourth-order valence-electron chi connectivity index (χ4n) is 3.13. The van der Waals surface area contributed by atoms with Crippen molar-refractivity contribution in [1.82, 2.24) is 4.72 Å². The molecule has 0 spiro atoms. The van der Waals surface area contributed by atoms with Crippen LogP contribution >= 0.6 is 11.6 Å². The highest BCUT2D eigenvalue weighted by Gasteiger charge is 2.27. The zero-order valence-corrected chi connectivity index (χ0v) is 20.0. The Balaban J connectivity index is 1.67. The Morgan fingerprint density at radius 3 is 1.94 bits per heavy atom. The van der Waals surface area contributed by atoms with Gasteiger partial charge in [0.1, 0.15) is 6.04 Å². The Bertz CT molecular complexity index is 1280. The second-order valence-electron chi connectivity index (χ2n) is 7.84. The van der Waals surface area contributed by atoms with Crippen LogP contribution in [0.3, 0.4) is 0 Å². The molecule has 178 valence electrons. The second kappa shape index (κ2) is 10.7. The van der Waals surface area contributed by atoms with Crippen molar-refractivity contribution >= 4 is 45.0 Å². The Morgan fingerprint density at radius 1 is 0.853 bits per heavy atom. The highest BCUT2D eigenvalue weighted by Crippen LogP contribution is 2.24. The third-order valence-corrected chi connectivity index (χ3v) is 6.76. The molecule has 4 N–H and O–H groups in total. The van der Waals surface area contributed by atoms with Gasteiger partial charge >= 0.3 is 12.0 Å². The van der Waals surface area contributed by atoms with Gasteiger partial charge in [-0.25, -0.2) is 13.2 Å². The zero-order chi connectivity index (χ0) is 24.9. The Hall–Kier alpha value is -3.40. The number of aliphatic carboxylic acids is 1. The predicted molar refractivity (Wildman–Crippen MR) is 133 cm³/mol. The van der Waals surface area contributed by atoms with Crippen LogP contribution in [-0.4, -0.2) is 31.6 Å². The van der Waals surface area contributed by atoms with E-state index in [0.717, 1.165) is 11.1 Å². The van der Waals surface area contributed by atoms with Crippen LogP contribution in [0.4, 0.5) is 16.2 Å². The van der Waals surface area contributed by atoms with Gasteiger partial charge < -0.3 is 15.7 Å². The normalized spacial score (nSPS) is 12.2. The molecule has 3 aromatic carbocycles. The molecule has 0 aliphatic carbocycles. The van der Waals surface area contributed by atoms with Crippen LogP contribution in [0.2, 0.25) is 5.02 Å². The van der Waals surface area contributed by atoms with E-state index in [4.69, 9.17) is 11.6 Å². The SMILES string of the molecule is CC(C)[C@H](NS(=O)(=O)c1ccc(-c2ccc(NC(=O)Nc3ccccc3Cl)cc2)cc1)C(=O)O. The molecule has 0 heterocycles. The van der Waals surface area contributed by atoms with Crippen LogP contribution < -0.4 is 15.4 Å². The average Bonchev–Trinajstić information content (AvgIpc) is 2.79. The maximum absolute atomic E-state index is 12.6. The molecule has 0 aliphatic heterocycles. The predicted octanol–water partition coefficient (Wildman–Crippen LogP) is 5.04. The van der Waals surface area contributed by atoms with Gasteiger partial charge in [0.2, 0.25) is 10.0 Å². The lowest BCUT2D eigenvalue weighted by Crippen LogP contribution is -2.44. The minimum Gasteiger partial charge on any atom is -0.480 e. The number of halogens is 1. The molecular weight excluding hydrogens is 478 g/mol. The standard InChI is InChI=1S/C24H24ClN3O5S/c1-15(2)22(23(29)30)28-34(32,33)19-13-9-17(10-14-19)16-7-11-18(12-8-16)26-24(31)27-21-6-4-3-5-20(21)25/h3-15,22,28H,1-2H3,(H,29,30)(H2,26,27,31)/t22-/m0/s1. The molecular formula is C24H24ClN3O5S. The number of rotatable bonds is 8. The summed E-state index contributed by atoms with van der Waals surface area (Å²) in [5.74, 6) is -1.64. The molecule has 0 unspecified atom stereocenters. The Kier molecular flexibility index (Phi) is 7.93. The van der Waals surface area contributed by atoms with Gasteiger partial charge in [0.05, 0.1) is 15.6 Å². The van der Waals surface area contributed by atoms with Crippen LogP contribution in [0.1, 0.15) is 13.8 Å². The van der Waals surface area contributed by atoms with Crippen molar-refractivity contribution < 1.29 is 23.1 Å². The third-order valence-electron chi connectivity index (χ3n) is 4.98. The highest BCUT2D eigenvalue weighted by molar-refractivity contribution is 7.89. The number of carboxylic acid groups (broad SMARTS) is 1. The van der Waals surface area contributed by atoms with E-state index in [1.165, 1.54) is 12.1 Å². The zero-order valence-electron chi connectivity index (χ0n) is 18.4. The third kappa shape index (κ3) is 6.34. The van der Waals surface area contributed by atoms with Crippen LogP contribution in [0, 0.1) is 5.92 Å². The molecule has 0 saturated heterocycles. The van der Waals surface area contributed by atoms with Crippen molar-refractivity contribution in [3.05, 3.63) is 77.8 Å². The lowest BCUT2D eigenvalue weighted by molar-refractivity contribution is -0.140. The summed E-state index contributed by atoms with van der Waals surface area (Å²) in [6, 6.07) is 18.3. The first-order chi connectivity index (χ1) is 16.1. The topological polar surface area (TPSA) is 125 Å². The van der Waals surface area contributed by atoms with Crippen molar-refractivity contribution in [3.63, 3.8) is 0 Å². The number of anilines is 2. The molecule has 2 amide bonds. The minimum atomic E-state index is -3.99. The van der Waals surface area contributed by atoms with E-state index in [0.29, 0.717) is 16.4 Å². The number of carboxylic acids is 1. The fraction of sp³-hybridized carbons (Fsp3) is 0.167. The number of carbonyl (C=O) groups is 2. The first-order valence-corrected chi connectivity index (χ1v) is 12.2. The molecule has 3 rings (SSSR count). The molecule has 0 radical (unpaired) electrons. The number of para-hydroxylation sites is 1. The van der Waals surface area contributed by atoms with Crippen LogP contribution in [0.15, 0.2) is 77.7 Å². The van der Waals surface area contributed by atoms with Gasteiger partial charge in [-0.15, -0.1) is 0 Å². The van der Waals surface area contributed by atoms with Gasteiger partial charge in [-0.1, -0.05) is 61.8 Å². The van der Waals surface area contributed by atoms with Gasteiger partial charge in [0.25, 0.3) is 0 Å². The number of nitrogens with one attached hydrogen (secondary N) is 3. The smallest absolute Gasteiger partial charge is 0.323 e. The summed E-state index contributed by atoms with van der Waals surface area (Å²) in [5.41, 5.74) is 2.61. The molecule has 1 atom stereocenters. The van der Waals surface area contributed by atoms with Gasteiger partial charge in [-0.05, 0) is 53.4 Å². The largest absolute Gasteiger partial charge is 0.480 e. The first-order valence-electron chi connectivity index (χ1n) is 10.3. The number of hydrogen-bond acceptors (Lipinski definition) is 4. The van der Waals surface area contributed by atoms with E-state index in [2.05, 4.69) is 15.4 Å². The molecule has 0 fully saturated rings. The lowest BCUT2D eigenvalue weighted by atomic mass is 10.1. The van der Waals surface area contributed by atoms with E-state index in [1.54, 1.807) is 74.5 Å². The molecule has 8 nitrogen and oxygen atoms in total. The van der Waals surface area contributed by atoms with E-state index < -0.39 is 34.0 Å². The van der Waals surface area contributed by atoms with Crippen molar-refractivity contribution in [2.75, 3.05) is 10.6 Å². The summed E-state index contributed by atoms with van der Waals surface area (Å²) in [6.07, 6.45) is 0. The molecule has 0 saturated carbocycles. The molecule has 0 aromatic heterocycles. The second-order valence-corrected chi connectivity index (χ2v) is 9.96. The van der Waals surface area contributed by atoms with E-state index >= 15 is 0 Å². The number of carbonyl (C=O) groups excluding carboxylic acids is 1. The number of urea groups is 1. The van der Waals surface area contributed by atoms with E-state index in [9.17, 15) is 23.1 Å². The number of benzene rings is 3. The summed E-state index contributed by atoms with van der Waals surface area (Å²) in [7, 11) is -3.99. The van der Waals surface area contributed by atoms with Crippen molar-refractivity contribution in [2.24, 2.45) is 5.92 Å². The summed E-state index contributed by atoms with van der Waals surface area (Å²) >= 11 is 6.04. The number of hydrogen-bond donors (Lipinski definition) is 4. The first kappa shape index (κ1) is 25.2. The summed E-state index contributed by atoms with van der Waals surface area (Å²) < 4.78 is 27.4. The Labute approximate surface area is 203 Å². The maximum Gasteiger partial charge on any atom is 0.323 e. The van der Waals surface area contributed by atoms with Gasteiger partial charge in [0.15, 0.2) is 0 Å². The fourth-order valence-corrected chi connectivity index (χ4v) is 4.65. The summed E-state index contributed by atoms with van der Waals surface area (Å²) in [5, 5.41) is 15.1. The summed E-state index contributed by atoms with van der Waals surface area (Å²) in [6.45, 7) is 3.26. The van der Waals surface area contributed by atoms with Crippen LogP contribution in [0.25, 0.3) is 11.1 Å². The van der Waals surface area contributed by atoms with Crippen molar-refractivity contribution in [1.29, 1.82) is 0 Å². The van der Waals surface area contributed by atoms with Gasteiger partial charge in [-0.2, -0.15) is 4.72 Å². The quantitative estimate of drug-likeness (QED) is 0.344. The lowest BCUT2D eigenvalue weighted by Gasteiger charge is -2.18. The molecule has 10 heteroatoms. The average molecular weight is 502 g/mol. The molecule has 0 bridgehead atoms. The molecule has 3 aromatic rings. The van der Waals surface area contributed by atoms with E-state index in [1.807, 2.05) is 0 Å². The maximum atomic E-state index is 12.6. The van der Waals surface area contributed by atoms with Crippen LogP contribution in [0.5, 0.6) is 0 Å². The summed E-state index contributed by atoms with van der Waals surface area (Å²) in [4.78, 5) is 23.5.